The summed E-state index contributed by atoms with van der Waals surface area (Å²) in [6.07, 6.45) is 1.68. The normalized spacial score (nSPS) is 23.1. The minimum Gasteiger partial charge on any atom is -0.486 e. The van der Waals surface area contributed by atoms with E-state index in [-0.39, 0.29) is 29.0 Å². The molecule has 0 saturated carbocycles. The molecule has 2 aliphatic rings. The Balaban J connectivity index is 1.57. The van der Waals surface area contributed by atoms with E-state index in [2.05, 4.69) is 17.6 Å². The van der Waals surface area contributed by atoms with Crippen molar-refractivity contribution in [2.24, 2.45) is 0 Å². The maximum Gasteiger partial charge on any atom is 0.221 e. The fourth-order valence-electron chi connectivity index (χ4n) is 3.12. The number of carbonyl (C=O) groups is 1. The summed E-state index contributed by atoms with van der Waals surface area (Å²) in [4.78, 5) is 12.2. The van der Waals surface area contributed by atoms with Crippen molar-refractivity contribution in [2.45, 2.75) is 43.2 Å². The number of amides is 1. The highest BCUT2D eigenvalue weighted by Crippen LogP contribution is 2.32. The van der Waals surface area contributed by atoms with Gasteiger partial charge in [-0.05, 0) is 38.4 Å². The maximum absolute atomic E-state index is 12.5. The third-order valence-electron chi connectivity index (χ3n) is 4.46. The molecular weight excluding hydrogens is 344 g/mol. The Bertz CT molecular complexity index is 735. The molecule has 1 amide bonds. The number of carbonyl (C=O) groups excluding carboxylic acids is 1. The van der Waals surface area contributed by atoms with Crippen LogP contribution >= 0.6 is 0 Å². The summed E-state index contributed by atoms with van der Waals surface area (Å²) in [6.45, 7) is 3.79. The molecule has 1 saturated heterocycles. The number of fused-ring (bicyclic) bond motifs is 1. The molecule has 1 fully saturated rings. The fourth-order valence-corrected chi connectivity index (χ4v) is 4.38. The van der Waals surface area contributed by atoms with E-state index >= 15 is 0 Å². The predicted molar refractivity (Wildman–Crippen MR) is 92.7 cm³/mol. The molecule has 0 bridgehead atoms. The Morgan fingerprint density at radius 3 is 2.80 bits per heavy atom. The van der Waals surface area contributed by atoms with Crippen molar-refractivity contribution in [1.82, 2.24) is 10.6 Å². The molecule has 0 radical (unpaired) electrons. The minimum absolute atomic E-state index is 0.0465. The minimum atomic E-state index is -3.55. The zero-order chi connectivity index (χ0) is 17.9. The van der Waals surface area contributed by atoms with Crippen molar-refractivity contribution in [3.63, 3.8) is 0 Å². The number of rotatable bonds is 5. The molecule has 1 aromatic carbocycles. The summed E-state index contributed by atoms with van der Waals surface area (Å²) in [5, 5.41) is 6.25. The Morgan fingerprint density at radius 1 is 1.28 bits per heavy atom. The van der Waals surface area contributed by atoms with Crippen LogP contribution in [-0.2, 0) is 14.6 Å². The molecule has 0 aliphatic carbocycles. The van der Waals surface area contributed by atoms with Crippen molar-refractivity contribution < 1.29 is 22.7 Å². The lowest BCUT2D eigenvalue weighted by molar-refractivity contribution is -0.121. The van der Waals surface area contributed by atoms with Crippen LogP contribution in [0, 0.1) is 0 Å². The molecule has 25 heavy (non-hydrogen) atoms. The lowest BCUT2D eigenvalue weighted by Crippen LogP contribution is -2.46. The smallest absolute Gasteiger partial charge is 0.221 e. The van der Waals surface area contributed by atoms with Gasteiger partial charge >= 0.3 is 0 Å². The van der Waals surface area contributed by atoms with E-state index in [1.54, 1.807) is 6.07 Å². The molecule has 0 aromatic heterocycles. The molecule has 2 unspecified atom stereocenters. The Hall–Kier alpha value is -1.80. The molecule has 2 heterocycles. The van der Waals surface area contributed by atoms with Gasteiger partial charge in [-0.1, -0.05) is 0 Å². The molecule has 138 valence electrons. The lowest BCUT2D eigenvalue weighted by atomic mass is 10.0. The van der Waals surface area contributed by atoms with Crippen LogP contribution in [-0.4, -0.2) is 51.9 Å². The Labute approximate surface area is 148 Å². The lowest BCUT2D eigenvalue weighted by Gasteiger charge is -2.28. The second kappa shape index (κ2) is 7.61. The van der Waals surface area contributed by atoms with Gasteiger partial charge in [0, 0.05) is 24.6 Å². The molecule has 8 heteroatoms. The molecular formula is C17H24N2O5S. The first-order valence-corrected chi connectivity index (χ1v) is 10.2. The van der Waals surface area contributed by atoms with Gasteiger partial charge in [0.2, 0.25) is 5.91 Å². The van der Waals surface area contributed by atoms with E-state index < -0.39 is 9.84 Å². The van der Waals surface area contributed by atoms with Crippen LogP contribution in [0.15, 0.2) is 23.1 Å². The van der Waals surface area contributed by atoms with Crippen LogP contribution in [0.3, 0.4) is 0 Å². The summed E-state index contributed by atoms with van der Waals surface area (Å²) < 4.78 is 35.8. The van der Waals surface area contributed by atoms with Crippen LogP contribution in [0.1, 0.15) is 26.2 Å². The second-order valence-electron chi connectivity index (χ2n) is 6.52. The highest BCUT2D eigenvalue weighted by molar-refractivity contribution is 7.91. The van der Waals surface area contributed by atoms with Crippen molar-refractivity contribution in [3.05, 3.63) is 18.2 Å². The van der Waals surface area contributed by atoms with Crippen LogP contribution < -0.4 is 20.1 Å². The predicted octanol–water partition coefficient (Wildman–Crippen LogP) is 0.878. The Morgan fingerprint density at radius 2 is 2.04 bits per heavy atom. The van der Waals surface area contributed by atoms with Crippen molar-refractivity contribution in [2.75, 3.05) is 25.5 Å². The van der Waals surface area contributed by atoms with Gasteiger partial charge in [-0.25, -0.2) is 8.42 Å². The number of benzene rings is 1. The number of ether oxygens (including phenoxy) is 2. The quantitative estimate of drug-likeness (QED) is 0.801. The number of piperidine rings is 1. The molecule has 2 aliphatic heterocycles. The first-order chi connectivity index (χ1) is 11.9. The van der Waals surface area contributed by atoms with Crippen LogP contribution in [0.2, 0.25) is 0 Å². The Kier molecular flexibility index (Phi) is 5.48. The third kappa shape index (κ3) is 4.64. The first-order valence-electron chi connectivity index (χ1n) is 8.59. The van der Waals surface area contributed by atoms with Gasteiger partial charge < -0.3 is 20.1 Å². The van der Waals surface area contributed by atoms with Crippen molar-refractivity contribution in [1.29, 1.82) is 0 Å². The van der Waals surface area contributed by atoms with Gasteiger partial charge in [0.05, 0.1) is 10.6 Å². The summed E-state index contributed by atoms with van der Waals surface area (Å²) in [7, 11) is -3.55. The standard InChI is InChI=1S/C17H24N2O5S/c1-12-10-13(4-6-18-12)19-17(20)5-9-25(21,22)14-2-3-15-16(11-14)24-8-7-23-15/h2-3,11-13,18H,4-10H2,1H3,(H,19,20). The van der Waals surface area contributed by atoms with Gasteiger partial charge in [0.1, 0.15) is 13.2 Å². The van der Waals surface area contributed by atoms with E-state index in [4.69, 9.17) is 9.47 Å². The number of hydrogen-bond acceptors (Lipinski definition) is 6. The highest BCUT2D eigenvalue weighted by atomic mass is 32.2. The number of sulfone groups is 1. The van der Waals surface area contributed by atoms with Gasteiger partial charge in [0.15, 0.2) is 21.3 Å². The number of nitrogens with one attached hydrogen (secondary N) is 2. The zero-order valence-electron chi connectivity index (χ0n) is 14.3. The average molecular weight is 368 g/mol. The van der Waals surface area contributed by atoms with E-state index in [1.807, 2.05) is 0 Å². The van der Waals surface area contributed by atoms with E-state index in [0.717, 1.165) is 19.4 Å². The third-order valence-corrected chi connectivity index (χ3v) is 6.17. The first kappa shape index (κ1) is 18.0. The summed E-state index contributed by atoms with van der Waals surface area (Å²) in [6, 6.07) is 5.03. The van der Waals surface area contributed by atoms with E-state index in [1.165, 1.54) is 12.1 Å². The highest BCUT2D eigenvalue weighted by Gasteiger charge is 2.23. The average Bonchev–Trinajstić information content (AvgIpc) is 2.60. The monoisotopic (exact) mass is 368 g/mol. The molecule has 3 rings (SSSR count). The zero-order valence-corrected chi connectivity index (χ0v) is 15.1. The van der Waals surface area contributed by atoms with Crippen LogP contribution in [0.4, 0.5) is 0 Å². The molecule has 2 N–H and O–H groups in total. The molecule has 7 nitrogen and oxygen atoms in total. The molecule has 2 atom stereocenters. The second-order valence-corrected chi connectivity index (χ2v) is 8.63. The molecule has 0 spiro atoms. The summed E-state index contributed by atoms with van der Waals surface area (Å²) in [5.41, 5.74) is 0. The number of hydrogen-bond donors (Lipinski definition) is 2. The van der Waals surface area contributed by atoms with E-state index in [0.29, 0.717) is 30.8 Å². The van der Waals surface area contributed by atoms with Gasteiger partial charge in [-0.3, -0.25) is 4.79 Å². The van der Waals surface area contributed by atoms with Gasteiger partial charge in [0.25, 0.3) is 0 Å². The van der Waals surface area contributed by atoms with E-state index in [9.17, 15) is 13.2 Å². The van der Waals surface area contributed by atoms with Crippen molar-refractivity contribution in [3.8, 4) is 11.5 Å². The topological polar surface area (TPSA) is 93.7 Å². The van der Waals surface area contributed by atoms with Gasteiger partial charge in [-0.2, -0.15) is 0 Å². The van der Waals surface area contributed by atoms with Crippen molar-refractivity contribution >= 4 is 15.7 Å². The molecule has 1 aromatic rings. The van der Waals surface area contributed by atoms with Crippen LogP contribution in [0.5, 0.6) is 11.5 Å². The summed E-state index contributed by atoms with van der Waals surface area (Å²) in [5.74, 6) is 0.530. The van der Waals surface area contributed by atoms with Crippen LogP contribution in [0.25, 0.3) is 0 Å². The summed E-state index contributed by atoms with van der Waals surface area (Å²) >= 11 is 0. The largest absolute Gasteiger partial charge is 0.486 e. The SMILES string of the molecule is CC1CC(NC(=O)CCS(=O)(=O)c2ccc3c(c2)OCCO3)CCN1. The maximum atomic E-state index is 12.5. The van der Waals surface area contributed by atoms with Gasteiger partial charge in [-0.15, -0.1) is 0 Å². The fraction of sp³-hybridized carbons (Fsp3) is 0.588.